The highest BCUT2D eigenvalue weighted by atomic mass is 16.6. The molecule has 1 aromatic rings. The van der Waals surface area contributed by atoms with Gasteiger partial charge in [-0.05, 0) is 49.8 Å². The van der Waals surface area contributed by atoms with Crippen molar-refractivity contribution >= 4 is 12.0 Å². The molecule has 1 aliphatic carbocycles. The predicted octanol–water partition coefficient (Wildman–Crippen LogP) is 2.05. The maximum Gasteiger partial charge on any atom is 0.410 e. The van der Waals surface area contributed by atoms with E-state index in [0.717, 1.165) is 25.9 Å². The van der Waals surface area contributed by atoms with Gasteiger partial charge < -0.3 is 24.6 Å². The monoisotopic (exact) mass is 440 g/mol. The number of rotatable bonds is 5. The SMILES string of the molecule is CN1CCC(C#N)(NC(=O)C(CC2CCc3ccccc32)OC(=O)N2CCOCC2)CC1. The van der Waals surface area contributed by atoms with E-state index >= 15 is 0 Å². The molecule has 4 rings (SSSR count). The summed E-state index contributed by atoms with van der Waals surface area (Å²) in [7, 11) is 2.01. The van der Waals surface area contributed by atoms with E-state index in [4.69, 9.17) is 9.47 Å². The highest BCUT2D eigenvalue weighted by Crippen LogP contribution is 2.37. The Morgan fingerprint density at radius 2 is 1.97 bits per heavy atom. The third kappa shape index (κ3) is 5.05. The smallest absolute Gasteiger partial charge is 0.410 e. The fraction of sp³-hybridized carbons (Fsp3) is 0.625. The van der Waals surface area contributed by atoms with E-state index in [1.165, 1.54) is 11.1 Å². The minimum Gasteiger partial charge on any atom is -0.436 e. The van der Waals surface area contributed by atoms with Crippen LogP contribution in [0.4, 0.5) is 4.79 Å². The molecule has 0 saturated carbocycles. The Morgan fingerprint density at radius 3 is 2.69 bits per heavy atom. The van der Waals surface area contributed by atoms with Crippen molar-refractivity contribution in [3.05, 3.63) is 35.4 Å². The fourth-order valence-electron chi connectivity index (χ4n) is 4.88. The van der Waals surface area contributed by atoms with Gasteiger partial charge in [0.05, 0.1) is 19.3 Å². The zero-order chi connectivity index (χ0) is 22.6. The Balaban J connectivity index is 1.49. The lowest BCUT2D eigenvalue weighted by Crippen LogP contribution is -2.57. The number of hydrogen-bond donors (Lipinski definition) is 1. The lowest BCUT2D eigenvalue weighted by Gasteiger charge is -2.37. The predicted molar refractivity (Wildman–Crippen MR) is 118 cm³/mol. The van der Waals surface area contributed by atoms with Crippen molar-refractivity contribution in [3.63, 3.8) is 0 Å². The average molecular weight is 441 g/mol. The van der Waals surface area contributed by atoms with Crippen LogP contribution in [0.15, 0.2) is 24.3 Å². The number of ether oxygens (including phenoxy) is 2. The molecule has 3 aliphatic rings. The minimum absolute atomic E-state index is 0.148. The molecule has 8 nitrogen and oxygen atoms in total. The molecule has 2 unspecified atom stereocenters. The molecule has 2 aliphatic heterocycles. The molecule has 2 saturated heterocycles. The standard InChI is InChI=1S/C24H32N4O4/c1-27-10-8-24(17-25,9-11-27)26-22(29)21(32-23(30)28-12-14-31-15-13-28)16-19-7-6-18-4-2-3-5-20(18)19/h2-5,19,21H,6-16H2,1H3,(H,26,29). The zero-order valence-corrected chi connectivity index (χ0v) is 18.7. The number of carbonyl (C=O) groups excluding carboxylic acids is 2. The van der Waals surface area contributed by atoms with E-state index in [-0.39, 0.29) is 11.8 Å². The number of fused-ring (bicyclic) bond motifs is 1. The second-order valence-electron chi connectivity index (χ2n) is 9.13. The highest BCUT2D eigenvalue weighted by molar-refractivity contribution is 5.84. The van der Waals surface area contributed by atoms with Crippen LogP contribution in [0.2, 0.25) is 0 Å². The van der Waals surface area contributed by atoms with Crippen LogP contribution < -0.4 is 5.32 Å². The molecule has 0 aromatic heterocycles. The molecule has 0 bridgehead atoms. The molecular weight excluding hydrogens is 408 g/mol. The Hall–Kier alpha value is -2.63. The number of aryl methyl sites for hydroxylation is 1. The molecule has 0 radical (unpaired) electrons. The largest absolute Gasteiger partial charge is 0.436 e. The van der Waals surface area contributed by atoms with E-state index in [2.05, 4.69) is 28.4 Å². The van der Waals surface area contributed by atoms with Crippen LogP contribution >= 0.6 is 0 Å². The van der Waals surface area contributed by atoms with Gasteiger partial charge in [0.25, 0.3) is 5.91 Å². The van der Waals surface area contributed by atoms with Crippen LogP contribution in [0.1, 0.15) is 42.7 Å². The van der Waals surface area contributed by atoms with Crippen LogP contribution in [0.25, 0.3) is 0 Å². The van der Waals surface area contributed by atoms with Gasteiger partial charge in [-0.3, -0.25) is 4.79 Å². The molecular formula is C24H32N4O4. The summed E-state index contributed by atoms with van der Waals surface area (Å²) in [6, 6.07) is 10.6. The Morgan fingerprint density at radius 1 is 1.25 bits per heavy atom. The number of morpholine rings is 1. The number of nitrogens with one attached hydrogen (secondary N) is 1. The van der Waals surface area contributed by atoms with Crippen LogP contribution in [0.3, 0.4) is 0 Å². The van der Waals surface area contributed by atoms with Gasteiger partial charge in [0.2, 0.25) is 0 Å². The van der Waals surface area contributed by atoms with Crippen molar-refractivity contribution in [3.8, 4) is 6.07 Å². The third-order valence-corrected chi connectivity index (χ3v) is 6.98. The number of hydrogen-bond acceptors (Lipinski definition) is 6. The molecule has 172 valence electrons. The van der Waals surface area contributed by atoms with E-state index in [1.54, 1.807) is 4.90 Å². The topological polar surface area (TPSA) is 94.9 Å². The van der Waals surface area contributed by atoms with Gasteiger partial charge in [-0.1, -0.05) is 24.3 Å². The first kappa shape index (κ1) is 22.6. The van der Waals surface area contributed by atoms with Gasteiger partial charge in [0.1, 0.15) is 5.54 Å². The summed E-state index contributed by atoms with van der Waals surface area (Å²) >= 11 is 0. The van der Waals surface area contributed by atoms with E-state index in [9.17, 15) is 14.9 Å². The molecule has 32 heavy (non-hydrogen) atoms. The van der Waals surface area contributed by atoms with Crippen molar-refractivity contribution in [2.24, 2.45) is 0 Å². The Bertz CT molecular complexity index is 869. The number of piperidine rings is 1. The Labute approximate surface area is 189 Å². The molecule has 2 amide bonds. The number of benzene rings is 1. The van der Waals surface area contributed by atoms with E-state index < -0.39 is 17.7 Å². The minimum atomic E-state index is -0.939. The van der Waals surface area contributed by atoms with Gasteiger partial charge in [-0.2, -0.15) is 5.26 Å². The van der Waals surface area contributed by atoms with Gasteiger partial charge in [-0.25, -0.2) is 4.79 Å². The summed E-state index contributed by atoms with van der Waals surface area (Å²) in [6.45, 7) is 3.31. The number of amides is 2. The normalized spacial score (nSPS) is 23.6. The molecule has 0 spiro atoms. The van der Waals surface area contributed by atoms with Crippen molar-refractivity contribution < 1.29 is 19.1 Å². The Kier molecular flexibility index (Phi) is 6.97. The maximum atomic E-state index is 13.4. The second kappa shape index (κ2) is 9.88. The quantitative estimate of drug-likeness (QED) is 0.753. The highest BCUT2D eigenvalue weighted by Gasteiger charge is 2.39. The van der Waals surface area contributed by atoms with Crippen molar-refractivity contribution in [2.75, 3.05) is 46.4 Å². The first-order chi connectivity index (χ1) is 15.5. The second-order valence-corrected chi connectivity index (χ2v) is 9.13. The summed E-state index contributed by atoms with van der Waals surface area (Å²) in [6.07, 6.45) is 1.98. The van der Waals surface area contributed by atoms with Gasteiger partial charge in [-0.15, -0.1) is 0 Å². The lowest BCUT2D eigenvalue weighted by molar-refractivity contribution is -0.132. The fourth-order valence-corrected chi connectivity index (χ4v) is 4.88. The number of carbonyl (C=O) groups is 2. The summed E-state index contributed by atoms with van der Waals surface area (Å²) < 4.78 is 11.1. The molecule has 8 heteroatoms. The van der Waals surface area contributed by atoms with Crippen molar-refractivity contribution in [2.45, 2.75) is 49.7 Å². The zero-order valence-electron chi connectivity index (χ0n) is 18.7. The number of likely N-dealkylation sites (tertiary alicyclic amines) is 1. The van der Waals surface area contributed by atoms with E-state index in [1.807, 2.05) is 19.2 Å². The average Bonchev–Trinajstić information content (AvgIpc) is 3.23. The van der Waals surface area contributed by atoms with Gasteiger partial charge in [0, 0.05) is 32.6 Å². The number of nitriles is 1. The molecule has 2 heterocycles. The maximum absolute atomic E-state index is 13.4. The summed E-state index contributed by atoms with van der Waals surface area (Å²) in [5, 5.41) is 12.8. The number of nitrogens with zero attached hydrogens (tertiary/aromatic N) is 3. The third-order valence-electron chi connectivity index (χ3n) is 6.98. The van der Waals surface area contributed by atoms with Crippen LogP contribution in [-0.4, -0.2) is 79.9 Å². The van der Waals surface area contributed by atoms with Gasteiger partial charge >= 0.3 is 6.09 Å². The van der Waals surface area contributed by atoms with Crippen LogP contribution in [-0.2, 0) is 20.7 Å². The summed E-state index contributed by atoms with van der Waals surface area (Å²) in [4.78, 5) is 29.9. The molecule has 2 atom stereocenters. The molecule has 1 aromatic carbocycles. The van der Waals surface area contributed by atoms with E-state index in [0.29, 0.717) is 45.6 Å². The first-order valence-electron chi connectivity index (χ1n) is 11.5. The lowest BCUT2D eigenvalue weighted by atomic mass is 9.88. The van der Waals surface area contributed by atoms with Gasteiger partial charge in [0.15, 0.2) is 6.10 Å². The summed E-state index contributed by atoms with van der Waals surface area (Å²) in [5.41, 5.74) is 1.60. The van der Waals surface area contributed by atoms with Crippen LogP contribution in [0, 0.1) is 11.3 Å². The first-order valence-corrected chi connectivity index (χ1v) is 11.5. The molecule has 1 N–H and O–H groups in total. The van der Waals surface area contributed by atoms with Crippen LogP contribution in [0.5, 0.6) is 0 Å². The molecule has 2 fully saturated rings. The van der Waals surface area contributed by atoms with Crippen molar-refractivity contribution in [1.29, 1.82) is 5.26 Å². The van der Waals surface area contributed by atoms with Crippen molar-refractivity contribution in [1.82, 2.24) is 15.1 Å². The summed E-state index contributed by atoms with van der Waals surface area (Å²) in [5.74, 6) is -0.225.